The van der Waals surface area contributed by atoms with Gasteiger partial charge in [0.15, 0.2) is 0 Å². The van der Waals surface area contributed by atoms with E-state index in [9.17, 15) is 0 Å². The Morgan fingerprint density at radius 3 is 2.86 bits per heavy atom. The van der Waals surface area contributed by atoms with Crippen molar-refractivity contribution in [1.82, 2.24) is 0 Å². The zero-order valence-corrected chi connectivity index (χ0v) is 15.3. The normalized spacial score (nSPS) is 22.0. The molecule has 1 aromatic rings. The Bertz CT molecular complexity index is 441. The molecule has 2 N–H and O–H groups in total. The first kappa shape index (κ1) is 17.9. The smallest absolute Gasteiger partial charge is 0.0228 e. The van der Waals surface area contributed by atoms with Crippen molar-refractivity contribution in [3.05, 3.63) is 29.8 Å². The third-order valence-electron chi connectivity index (χ3n) is 5.17. The van der Waals surface area contributed by atoms with Gasteiger partial charge in [0.25, 0.3) is 0 Å². The second-order valence-corrected chi connectivity index (χ2v) is 8.55. The van der Waals surface area contributed by atoms with Crippen LogP contribution in [0, 0.1) is 11.3 Å². The highest BCUT2D eigenvalue weighted by molar-refractivity contribution is 7.97. The van der Waals surface area contributed by atoms with E-state index in [1.54, 1.807) is 0 Å². The minimum Gasteiger partial charge on any atom is -0.274 e. The number of unbranched alkanes of at least 4 members (excludes halogenated alkanes) is 1. The average Bonchev–Trinajstić information content (AvgIpc) is 2.49. The Kier molecular flexibility index (Phi) is 7.30. The summed E-state index contributed by atoms with van der Waals surface area (Å²) in [4.78, 5) is 1.18. The molecule has 1 aromatic carbocycles. The van der Waals surface area contributed by atoms with Gasteiger partial charge in [-0.2, -0.15) is 0 Å². The summed E-state index contributed by atoms with van der Waals surface area (Å²) in [5.74, 6) is 0.959. The van der Waals surface area contributed by atoms with Crippen molar-refractivity contribution in [3.63, 3.8) is 0 Å². The fourth-order valence-electron chi connectivity index (χ4n) is 3.98. The van der Waals surface area contributed by atoms with E-state index < -0.39 is 0 Å². The van der Waals surface area contributed by atoms with E-state index in [-0.39, 0.29) is 0 Å². The van der Waals surface area contributed by atoms with Gasteiger partial charge in [0.05, 0.1) is 0 Å². The van der Waals surface area contributed by atoms with Crippen LogP contribution in [0.5, 0.6) is 0 Å². The Morgan fingerprint density at radius 1 is 1.18 bits per heavy atom. The molecule has 1 unspecified atom stereocenters. The van der Waals surface area contributed by atoms with E-state index in [0.717, 1.165) is 5.92 Å². The summed E-state index contributed by atoms with van der Waals surface area (Å²) in [5, 5.41) is 5.64. The van der Waals surface area contributed by atoms with Crippen LogP contribution in [0.1, 0.15) is 77.2 Å². The lowest BCUT2D eigenvalue weighted by atomic mass is 9.74. The molecule has 0 aliphatic heterocycles. The summed E-state index contributed by atoms with van der Waals surface area (Å²) < 4.78 is 0. The van der Waals surface area contributed by atoms with Crippen molar-refractivity contribution in [1.29, 1.82) is 0 Å². The largest absolute Gasteiger partial charge is 0.274 e. The van der Waals surface area contributed by atoms with E-state index in [0.29, 0.717) is 5.41 Å². The van der Waals surface area contributed by atoms with E-state index >= 15 is 0 Å². The van der Waals surface area contributed by atoms with E-state index in [4.69, 9.17) is 5.14 Å². The average molecular weight is 320 g/mol. The van der Waals surface area contributed by atoms with E-state index in [2.05, 4.69) is 38.1 Å². The fraction of sp³-hybridized carbons (Fsp3) is 0.700. The quantitative estimate of drug-likeness (QED) is 0.487. The summed E-state index contributed by atoms with van der Waals surface area (Å²) in [6, 6.07) is 8.69. The first-order valence-electron chi connectivity index (χ1n) is 9.05. The molecular formula is C20H33NS. The van der Waals surface area contributed by atoms with Gasteiger partial charge in [-0.25, -0.2) is 0 Å². The molecule has 0 bridgehead atoms. The fourth-order valence-corrected chi connectivity index (χ4v) is 4.36. The molecule has 2 rings (SSSR count). The van der Waals surface area contributed by atoms with Crippen molar-refractivity contribution >= 4 is 11.9 Å². The van der Waals surface area contributed by atoms with Crippen LogP contribution in [0.2, 0.25) is 0 Å². The molecule has 22 heavy (non-hydrogen) atoms. The van der Waals surface area contributed by atoms with Crippen LogP contribution in [0.4, 0.5) is 0 Å². The second kappa shape index (κ2) is 8.98. The number of rotatable bonds is 6. The molecule has 0 spiro atoms. The SMILES string of the molecule is CC1(C)CCCCCC(CCCCc2cccc(SN)c2)C1. The zero-order valence-electron chi connectivity index (χ0n) is 14.4. The van der Waals surface area contributed by atoms with Gasteiger partial charge in [-0.15, -0.1) is 0 Å². The van der Waals surface area contributed by atoms with Gasteiger partial charge in [-0.1, -0.05) is 64.5 Å². The minimum absolute atomic E-state index is 0.567. The third-order valence-corrected chi connectivity index (χ3v) is 5.70. The molecule has 124 valence electrons. The first-order valence-corrected chi connectivity index (χ1v) is 9.93. The van der Waals surface area contributed by atoms with Gasteiger partial charge < -0.3 is 0 Å². The van der Waals surface area contributed by atoms with Crippen LogP contribution in [0.3, 0.4) is 0 Å². The number of hydrogen-bond acceptors (Lipinski definition) is 2. The van der Waals surface area contributed by atoms with Gasteiger partial charge in [-0.05, 0) is 66.7 Å². The summed E-state index contributed by atoms with van der Waals surface area (Å²) in [7, 11) is 0. The van der Waals surface area contributed by atoms with Crippen LogP contribution in [-0.4, -0.2) is 0 Å². The van der Waals surface area contributed by atoms with Crippen molar-refractivity contribution < 1.29 is 0 Å². The standard InChI is InChI=1S/C20H33NS/c1-20(2)14-7-3-4-10-18(16-20)11-6-5-9-17-12-8-13-19(15-17)22-21/h8,12-13,15,18H,3-7,9-11,14,16,21H2,1-2H3. The minimum atomic E-state index is 0.567. The molecule has 0 heterocycles. The van der Waals surface area contributed by atoms with Crippen molar-refractivity contribution in [3.8, 4) is 0 Å². The molecular weight excluding hydrogens is 286 g/mol. The molecule has 1 atom stereocenters. The number of aryl methyl sites for hydroxylation is 1. The van der Waals surface area contributed by atoms with Gasteiger partial charge in [0.1, 0.15) is 0 Å². The second-order valence-electron chi connectivity index (χ2n) is 7.84. The highest BCUT2D eigenvalue weighted by Gasteiger charge is 2.24. The highest BCUT2D eigenvalue weighted by Crippen LogP contribution is 2.37. The molecule has 1 saturated carbocycles. The molecule has 0 aromatic heterocycles. The maximum Gasteiger partial charge on any atom is 0.0228 e. The predicted molar refractivity (Wildman–Crippen MR) is 99.0 cm³/mol. The molecule has 2 heteroatoms. The Hall–Kier alpha value is -0.470. The maximum atomic E-state index is 5.64. The topological polar surface area (TPSA) is 26.0 Å². The van der Waals surface area contributed by atoms with Gasteiger partial charge in [0.2, 0.25) is 0 Å². The van der Waals surface area contributed by atoms with Gasteiger partial charge in [-0.3, -0.25) is 5.14 Å². The molecule has 1 nitrogen and oxygen atoms in total. The van der Waals surface area contributed by atoms with Crippen molar-refractivity contribution in [2.45, 2.75) is 83.0 Å². The summed E-state index contributed by atoms with van der Waals surface area (Å²) in [6.45, 7) is 4.95. The molecule has 0 amide bonds. The third kappa shape index (κ3) is 6.34. The molecule has 0 saturated heterocycles. The van der Waals surface area contributed by atoms with Crippen LogP contribution < -0.4 is 5.14 Å². The molecule has 1 aliphatic rings. The van der Waals surface area contributed by atoms with E-state index in [1.807, 2.05) is 0 Å². The van der Waals surface area contributed by atoms with E-state index in [1.165, 1.54) is 86.6 Å². The predicted octanol–water partition coefficient (Wildman–Crippen LogP) is 6.36. The van der Waals surface area contributed by atoms with Crippen LogP contribution in [0.25, 0.3) is 0 Å². The number of hydrogen-bond donors (Lipinski definition) is 1. The van der Waals surface area contributed by atoms with Gasteiger partial charge in [0, 0.05) is 4.90 Å². The highest BCUT2D eigenvalue weighted by atomic mass is 32.2. The Morgan fingerprint density at radius 2 is 2.05 bits per heavy atom. The van der Waals surface area contributed by atoms with Crippen LogP contribution >= 0.6 is 11.9 Å². The first-order chi connectivity index (χ1) is 10.6. The molecule has 0 radical (unpaired) electrons. The monoisotopic (exact) mass is 319 g/mol. The van der Waals surface area contributed by atoms with Crippen LogP contribution in [-0.2, 0) is 6.42 Å². The lowest BCUT2D eigenvalue weighted by molar-refractivity contribution is 0.200. The van der Waals surface area contributed by atoms with Crippen molar-refractivity contribution in [2.75, 3.05) is 0 Å². The Balaban J connectivity index is 1.72. The molecule has 1 aliphatic carbocycles. The van der Waals surface area contributed by atoms with Gasteiger partial charge >= 0.3 is 0 Å². The summed E-state index contributed by atoms with van der Waals surface area (Å²) in [5.41, 5.74) is 2.01. The lowest BCUT2D eigenvalue weighted by Crippen LogP contribution is -2.19. The molecule has 1 fully saturated rings. The number of benzene rings is 1. The summed E-state index contributed by atoms with van der Waals surface area (Å²) in [6.07, 6.45) is 14.0. The Labute approximate surface area is 141 Å². The van der Waals surface area contributed by atoms with Crippen molar-refractivity contribution in [2.24, 2.45) is 16.5 Å². The van der Waals surface area contributed by atoms with Crippen LogP contribution in [0.15, 0.2) is 29.2 Å². The lowest BCUT2D eigenvalue weighted by Gasteiger charge is -2.32. The maximum absolute atomic E-state index is 5.64. The number of nitrogens with two attached hydrogens (primary N) is 1. The zero-order chi connectivity index (χ0) is 15.8. The summed E-state index contributed by atoms with van der Waals surface area (Å²) >= 11 is 1.35.